The van der Waals surface area contributed by atoms with Gasteiger partial charge in [-0.15, -0.1) is 0 Å². The van der Waals surface area contributed by atoms with Gasteiger partial charge in [0.25, 0.3) is 0 Å². The van der Waals surface area contributed by atoms with Crippen molar-refractivity contribution in [1.29, 1.82) is 0 Å². The number of anilines is 1. The van der Waals surface area contributed by atoms with Gasteiger partial charge in [0, 0.05) is 73.4 Å². The minimum Gasteiger partial charge on any atom is -0.489 e. The zero-order valence-corrected chi connectivity index (χ0v) is 51.7. The number of esters is 7. The standard InChI is InChI=1S/C64H69FNO23P/c1-34-54(81-35(2)67)55(82-36(3)68)59(85-39(6)71)63(80-34)88-51(32-49(43-21-26-45(65)27-22-43)87-64-60(86-40(7)72)57(84-38(5)70)56(83-37(4)69)58(89-64)62(74)76-8)52-53(66(61(52)73)46-19-15-12-16-20-46)48-30-25-44(31-50(48)79-33-41-17-13-11-14-18-41)42-23-28-47(29-24-42)90(75,77-9)78-10/h11-31,34,49,51-60,63-64H,32-33H2,1-10H3/t34?,49-,51+,52+,53+,54-,55?,56+,57?,58?,59-,60-,63+,64-/m0/s1. The number of hydrogen-bond donors (Lipinski definition) is 0. The molecule has 5 aromatic carbocycles. The lowest BCUT2D eigenvalue weighted by molar-refractivity contribution is -0.324. The molecule has 14 atom stereocenters. The summed E-state index contributed by atoms with van der Waals surface area (Å²) in [5.41, 5.74) is 2.98. The molecule has 1 amide bonds. The van der Waals surface area contributed by atoms with Crippen LogP contribution in [0.1, 0.15) is 83.7 Å². The van der Waals surface area contributed by atoms with Crippen LogP contribution in [0.25, 0.3) is 11.1 Å². The van der Waals surface area contributed by atoms with E-state index in [1.807, 2.05) is 30.3 Å². The van der Waals surface area contributed by atoms with Crippen LogP contribution in [0.15, 0.2) is 127 Å². The molecule has 0 N–H and O–H groups in total. The number of para-hydroxylation sites is 1. The second kappa shape index (κ2) is 29.9. The molecule has 0 radical (unpaired) electrons. The van der Waals surface area contributed by atoms with Crippen molar-refractivity contribution in [3.05, 3.63) is 150 Å². The summed E-state index contributed by atoms with van der Waals surface area (Å²) >= 11 is 0. The van der Waals surface area contributed by atoms with E-state index >= 15 is 9.18 Å². The highest BCUT2D eigenvalue weighted by Gasteiger charge is 2.60. The molecule has 8 rings (SSSR count). The third-order valence-corrected chi connectivity index (χ3v) is 16.8. The van der Waals surface area contributed by atoms with Gasteiger partial charge >= 0.3 is 49.4 Å². The van der Waals surface area contributed by atoms with Crippen molar-refractivity contribution in [2.24, 2.45) is 5.92 Å². The predicted molar refractivity (Wildman–Crippen MR) is 312 cm³/mol. The van der Waals surface area contributed by atoms with Crippen LogP contribution in [-0.2, 0) is 111 Å². The highest BCUT2D eigenvalue weighted by molar-refractivity contribution is 7.62. The second-order valence-electron chi connectivity index (χ2n) is 21.1. The Hall–Kier alpha value is -8.42. The molecule has 0 bridgehead atoms. The topological polar surface area (TPSA) is 286 Å². The lowest BCUT2D eigenvalue weighted by Gasteiger charge is -2.52. The van der Waals surface area contributed by atoms with Crippen LogP contribution >= 0.6 is 7.60 Å². The SMILES string of the molecule is COC(=O)C1O[C@H](O[C@@H](C[C@@H](O[C@H]2OC(C)[C@H](OC(C)=O)C(OC(C)=O)[C@@H]2OC(C)=O)[C@H]2C(=O)N(c3ccccc3)[C@@H]2c2ccc(-c3ccc(P(=O)(OC)OC)cc3)cc2OCc2ccccc2)c2ccc(F)cc2)[C@@H](OC(C)=O)C(OC(C)=O)[C@H]1OC(C)=O. The van der Waals surface area contributed by atoms with Crippen LogP contribution in [0.5, 0.6) is 5.75 Å². The quantitative estimate of drug-likeness (QED) is 0.0248. The van der Waals surface area contributed by atoms with E-state index in [0.717, 1.165) is 66.3 Å². The summed E-state index contributed by atoms with van der Waals surface area (Å²) in [4.78, 5) is 109. The monoisotopic (exact) mass is 1270 g/mol. The Morgan fingerprint density at radius 2 is 1.08 bits per heavy atom. The molecule has 0 spiro atoms. The van der Waals surface area contributed by atoms with Crippen molar-refractivity contribution in [3.63, 3.8) is 0 Å². The first kappa shape index (κ1) is 67.5. The van der Waals surface area contributed by atoms with E-state index in [0.29, 0.717) is 27.7 Å². The summed E-state index contributed by atoms with van der Waals surface area (Å²) in [5, 5.41) is 0.292. The van der Waals surface area contributed by atoms with Crippen LogP contribution in [0.4, 0.5) is 10.1 Å². The molecule has 26 heteroatoms. The number of rotatable bonds is 24. The van der Waals surface area contributed by atoms with Crippen LogP contribution in [0.2, 0.25) is 0 Å². The van der Waals surface area contributed by atoms with Gasteiger partial charge < -0.3 is 70.8 Å². The summed E-state index contributed by atoms with van der Waals surface area (Å²) in [6.07, 6.45) is -20.8. The number of ether oxygens (including phenoxy) is 12. The molecule has 0 aliphatic carbocycles. The molecule has 90 heavy (non-hydrogen) atoms. The Bertz CT molecular complexity index is 3420. The Morgan fingerprint density at radius 1 is 0.578 bits per heavy atom. The van der Waals surface area contributed by atoms with Gasteiger partial charge in [0.15, 0.2) is 49.0 Å². The summed E-state index contributed by atoms with van der Waals surface area (Å²) in [7, 11) is -0.0969. The fourth-order valence-electron chi connectivity index (χ4n) is 11.1. The smallest absolute Gasteiger partial charge is 0.360 e. The van der Waals surface area contributed by atoms with Gasteiger partial charge in [-0.1, -0.05) is 84.9 Å². The van der Waals surface area contributed by atoms with E-state index in [2.05, 4.69) is 0 Å². The summed E-state index contributed by atoms with van der Waals surface area (Å²) in [6, 6.07) is 33.6. The normalized spacial score (nSPS) is 24.6. The van der Waals surface area contributed by atoms with E-state index in [4.69, 9.17) is 65.9 Å². The first-order valence-electron chi connectivity index (χ1n) is 28.4. The molecule has 4 unspecified atom stereocenters. The van der Waals surface area contributed by atoms with Crippen LogP contribution in [0, 0.1) is 11.7 Å². The number of amides is 1. The number of halogens is 1. The lowest BCUT2D eigenvalue weighted by atomic mass is 9.75. The van der Waals surface area contributed by atoms with Crippen molar-refractivity contribution >= 4 is 66.3 Å². The molecular weight excluding hydrogens is 1200 g/mol. The van der Waals surface area contributed by atoms with Gasteiger partial charge in [-0.3, -0.25) is 38.1 Å². The van der Waals surface area contributed by atoms with Gasteiger partial charge in [-0.25, -0.2) is 9.18 Å². The molecular formula is C64H69FNO23P. The van der Waals surface area contributed by atoms with Crippen molar-refractivity contribution in [3.8, 4) is 16.9 Å². The van der Waals surface area contributed by atoms with Gasteiger partial charge in [0.2, 0.25) is 12.2 Å². The Balaban J connectivity index is 1.35. The fraction of sp³-hybridized carbons (Fsp3) is 0.406. The summed E-state index contributed by atoms with van der Waals surface area (Å²) in [6.45, 7) is 7.77. The first-order valence-corrected chi connectivity index (χ1v) is 30.0. The number of carbonyl (C=O) groups excluding carboxylic acids is 8. The minimum atomic E-state index is -3.65. The average Bonchev–Trinajstić information content (AvgIpc) is 0.727. The summed E-state index contributed by atoms with van der Waals surface area (Å²) in [5.74, 6) is -9.12. The van der Waals surface area contributed by atoms with Crippen molar-refractivity contribution in [2.45, 2.75) is 141 Å². The molecule has 24 nitrogen and oxygen atoms in total. The molecule has 3 heterocycles. The van der Waals surface area contributed by atoms with E-state index < -0.39 is 153 Å². The maximum Gasteiger partial charge on any atom is 0.360 e. The van der Waals surface area contributed by atoms with Crippen molar-refractivity contribution in [1.82, 2.24) is 0 Å². The Morgan fingerprint density at radius 3 is 1.62 bits per heavy atom. The van der Waals surface area contributed by atoms with Crippen LogP contribution < -0.4 is 14.9 Å². The van der Waals surface area contributed by atoms with Gasteiger partial charge in [0.05, 0.1) is 42.7 Å². The van der Waals surface area contributed by atoms with Crippen LogP contribution in [0.3, 0.4) is 0 Å². The first-order chi connectivity index (χ1) is 42.9. The maximum atomic E-state index is 15.8. The predicted octanol–water partition coefficient (Wildman–Crippen LogP) is 7.65. The van der Waals surface area contributed by atoms with Crippen LogP contribution in [-0.4, -0.2) is 137 Å². The van der Waals surface area contributed by atoms with E-state index in [1.54, 1.807) is 72.8 Å². The minimum absolute atomic E-state index is 0.0151. The highest BCUT2D eigenvalue weighted by Crippen LogP contribution is 2.52. The Labute approximate surface area is 517 Å². The lowest BCUT2D eigenvalue weighted by Crippen LogP contribution is -2.65. The van der Waals surface area contributed by atoms with Crippen molar-refractivity contribution in [2.75, 3.05) is 26.2 Å². The molecule has 3 aliphatic rings. The zero-order chi connectivity index (χ0) is 65.1. The number of carbonyl (C=O) groups is 8. The average molecular weight is 1270 g/mol. The molecule has 3 fully saturated rings. The van der Waals surface area contributed by atoms with Crippen molar-refractivity contribution < 1.29 is 113 Å². The molecule has 0 saturated carbocycles. The number of methoxy groups -OCH3 is 1. The molecule has 480 valence electrons. The van der Waals surface area contributed by atoms with E-state index in [9.17, 15) is 38.1 Å². The third kappa shape index (κ3) is 15.9. The fourth-order valence-corrected chi connectivity index (χ4v) is 12.2. The second-order valence-corrected chi connectivity index (χ2v) is 23.4. The molecule has 0 aromatic heterocycles. The zero-order valence-electron chi connectivity index (χ0n) is 50.8. The third-order valence-electron chi connectivity index (χ3n) is 14.9. The number of hydrogen-bond acceptors (Lipinski definition) is 23. The van der Waals surface area contributed by atoms with Gasteiger partial charge in [-0.2, -0.15) is 0 Å². The number of β-lactam (4-membered cyclic amide) rings is 1. The van der Waals surface area contributed by atoms with E-state index in [-0.39, 0.29) is 17.9 Å². The number of benzene rings is 5. The molecule has 3 aliphatic heterocycles. The van der Waals surface area contributed by atoms with Gasteiger partial charge in [0.1, 0.15) is 18.2 Å². The number of nitrogens with zero attached hydrogens (tertiary/aromatic N) is 1. The maximum absolute atomic E-state index is 15.8. The Kier molecular flexibility index (Phi) is 22.4. The van der Waals surface area contributed by atoms with Gasteiger partial charge in [-0.05, 0) is 71.6 Å². The molecule has 3 saturated heterocycles. The largest absolute Gasteiger partial charge is 0.489 e. The summed E-state index contributed by atoms with van der Waals surface area (Å²) < 4.78 is 112. The highest BCUT2D eigenvalue weighted by atomic mass is 31.2. The van der Waals surface area contributed by atoms with E-state index in [1.165, 1.54) is 38.2 Å². The molecule has 5 aromatic rings.